The van der Waals surface area contributed by atoms with Crippen LogP contribution in [0.5, 0.6) is 0 Å². The molecule has 0 amide bonds. The fourth-order valence-electron chi connectivity index (χ4n) is 2.03. The Labute approximate surface area is 113 Å². The molecule has 0 heterocycles. The minimum Gasteiger partial charge on any atom is -0.271 e. The third-order valence-electron chi connectivity index (χ3n) is 3.13. The van der Waals surface area contributed by atoms with Gasteiger partial charge in [-0.05, 0) is 36.5 Å². The van der Waals surface area contributed by atoms with E-state index >= 15 is 0 Å². The van der Waals surface area contributed by atoms with Crippen molar-refractivity contribution in [1.29, 1.82) is 0 Å². The second-order valence-corrected chi connectivity index (χ2v) is 5.26. The van der Waals surface area contributed by atoms with E-state index in [1.807, 2.05) is 18.2 Å². The monoisotopic (exact) mass is 274 g/mol. The molecule has 0 aliphatic heterocycles. The quantitative estimate of drug-likeness (QED) is 0.612. The summed E-state index contributed by atoms with van der Waals surface area (Å²) in [5, 5.41) is 1.42. The van der Waals surface area contributed by atoms with Crippen molar-refractivity contribution in [3.63, 3.8) is 0 Å². The maximum atomic E-state index is 6.16. The first-order valence-corrected chi connectivity index (χ1v) is 6.74. The van der Waals surface area contributed by atoms with E-state index in [4.69, 9.17) is 29.0 Å². The van der Waals surface area contributed by atoms with E-state index in [1.54, 1.807) is 0 Å². The summed E-state index contributed by atoms with van der Waals surface area (Å²) in [6.07, 6.45) is 3.04. The van der Waals surface area contributed by atoms with Crippen LogP contribution in [0, 0.1) is 5.92 Å². The van der Waals surface area contributed by atoms with E-state index in [1.165, 1.54) is 0 Å². The molecule has 0 saturated carbocycles. The van der Waals surface area contributed by atoms with Gasteiger partial charge in [0.2, 0.25) is 0 Å². The van der Waals surface area contributed by atoms with Crippen LogP contribution in [0.1, 0.15) is 32.3 Å². The molecule has 2 unspecified atom stereocenters. The summed E-state index contributed by atoms with van der Waals surface area (Å²) in [7, 11) is 0. The topological polar surface area (TPSA) is 38.0 Å². The number of halogens is 2. The molecule has 1 rings (SSSR count). The highest BCUT2D eigenvalue weighted by molar-refractivity contribution is 6.35. The van der Waals surface area contributed by atoms with Gasteiger partial charge in [-0.2, -0.15) is 0 Å². The minimum atomic E-state index is 0.201. The van der Waals surface area contributed by atoms with E-state index in [9.17, 15) is 0 Å². The van der Waals surface area contributed by atoms with Crippen LogP contribution >= 0.6 is 23.2 Å². The molecule has 0 aliphatic rings. The third-order valence-corrected chi connectivity index (χ3v) is 3.84. The van der Waals surface area contributed by atoms with Gasteiger partial charge >= 0.3 is 0 Å². The molecular formula is C13H20Cl2N2. The van der Waals surface area contributed by atoms with Crippen molar-refractivity contribution >= 4 is 23.2 Å². The highest BCUT2D eigenvalue weighted by Crippen LogP contribution is 2.27. The number of nitrogens with one attached hydrogen (secondary N) is 1. The van der Waals surface area contributed by atoms with Gasteiger partial charge in [0.25, 0.3) is 0 Å². The second-order valence-electron chi connectivity index (χ2n) is 4.44. The molecule has 4 heteroatoms. The summed E-state index contributed by atoms with van der Waals surface area (Å²) in [6, 6.07) is 5.78. The van der Waals surface area contributed by atoms with Crippen LogP contribution in [0.3, 0.4) is 0 Å². The smallest absolute Gasteiger partial charge is 0.0453 e. The lowest BCUT2D eigenvalue weighted by Gasteiger charge is -2.23. The zero-order chi connectivity index (χ0) is 12.8. The molecule has 96 valence electrons. The number of hydrogen-bond acceptors (Lipinski definition) is 2. The first-order chi connectivity index (χ1) is 8.10. The number of hydrazine groups is 1. The fourth-order valence-corrected chi connectivity index (χ4v) is 2.58. The van der Waals surface area contributed by atoms with Crippen LogP contribution in [-0.4, -0.2) is 6.04 Å². The average Bonchev–Trinajstić information content (AvgIpc) is 2.29. The van der Waals surface area contributed by atoms with Gasteiger partial charge in [0.05, 0.1) is 0 Å². The van der Waals surface area contributed by atoms with Crippen molar-refractivity contribution in [3.05, 3.63) is 33.8 Å². The molecule has 1 aromatic carbocycles. The van der Waals surface area contributed by atoms with Gasteiger partial charge in [-0.1, -0.05) is 49.5 Å². The standard InChI is InChI=1S/C13H20Cl2N2/c1-3-5-9(2)13(17-16)8-10-11(14)6-4-7-12(10)15/h4,6-7,9,13,17H,3,5,8,16H2,1-2H3. The fraction of sp³-hybridized carbons (Fsp3) is 0.538. The number of rotatable bonds is 6. The summed E-state index contributed by atoms with van der Waals surface area (Å²) in [5.41, 5.74) is 3.85. The molecule has 0 saturated heterocycles. The molecule has 0 fully saturated rings. The Morgan fingerprint density at radius 2 is 1.88 bits per heavy atom. The normalized spacial score (nSPS) is 14.6. The van der Waals surface area contributed by atoms with Crippen molar-refractivity contribution in [2.75, 3.05) is 0 Å². The summed E-state index contributed by atoms with van der Waals surface area (Å²) in [5.74, 6) is 6.11. The lowest BCUT2D eigenvalue weighted by molar-refractivity contribution is 0.357. The Bertz CT molecular complexity index is 335. The van der Waals surface area contributed by atoms with Crippen molar-refractivity contribution < 1.29 is 0 Å². The molecule has 2 atom stereocenters. The van der Waals surface area contributed by atoms with E-state index in [2.05, 4.69) is 19.3 Å². The predicted octanol–water partition coefficient (Wildman–Crippen LogP) is 3.80. The second kappa shape index (κ2) is 7.22. The largest absolute Gasteiger partial charge is 0.271 e. The van der Waals surface area contributed by atoms with E-state index in [0.29, 0.717) is 16.0 Å². The average molecular weight is 275 g/mol. The van der Waals surface area contributed by atoms with Gasteiger partial charge in [-0.15, -0.1) is 0 Å². The Kier molecular flexibility index (Phi) is 6.28. The highest BCUT2D eigenvalue weighted by Gasteiger charge is 2.18. The Morgan fingerprint density at radius 1 is 1.29 bits per heavy atom. The third kappa shape index (κ3) is 4.14. The van der Waals surface area contributed by atoms with Crippen LogP contribution in [-0.2, 0) is 6.42 Å². The molecule has 3 N–H and O–H groups in total. The van der Waals surface area contributed by atoms with E-state index in [-0.39, 0.29) is 6.04 Å². The Hall–Kier alpha value is -0.280. The number of hydrogen-bond donors (Lipinski definition) is 2. The van der Waals surface area contributed by atoms with Gasteiger partial charge in [0.15, 0.2) is 0 Å². The van der Waals surface area contributed by atoms with Crippen molar-refractivity contribution in [2.45, 2.75) is 39.2 Å². The van der Waals surface area contributed by atoms with Gasteiger partial charge in [0.1, 0.15) is 0 Å². The zero-order valence-corrected chi connectivity index (χ0v) is 11.9. The van der Waals surface area contributed by atoms with Gasteiger partial charge in [0, 0.05) is 16.1 Å². The SMILES string of the molecule is CCCC(C)C(Cc1c(Cl)cccc1Cl)NN. The molecule has 2 nitrogen and oxygen atoms in total. The maximum absolute atomic E-state index is 6.16. The van der Waals surface area contributed by atoms with Crippen LogP contribution in [0.25, 0.3) is 0 Å². The first-order valence-electron chi connectivity index (χ1n) is 5.99. The molecule has 0 bridgehead atoms. The molecular weight excluding hydrogens is 255 g/mol. The van der Waals surface area contributed by atoms with Gasteiger partial charge in [-0.25, -0.2) is 0 Å². The van der Waals surface area contributed by atoms with E-state index in [0.717, 1.165) is 24.8 Å². The van der Waals surface area contributed by atoms with Crippen LogP contribution in [0.2, 0.25) is 10.0 Å². The van der Waals surface area contributed by atoms with Crippen LogP contribution in [0.4, 0.5) is 0 Å². The van der Waals surface area contributed by atoms with Gasteiger partial charge in [-0.3, -0.25) is 11.3 Å². The van der Waals surface area contributed by atoms with Crippen molar-refractivity contribution in [1.82, 2.24) is 5.43 Å². The lowest BCUT2D eigenvalue weighted by Crippen LogP contribution is -2.41. The molecule has 0 spiro atoms. The summed E-state index contributed by atoms with van der Waals surface area (Å²) >= 11 is 12.3. The Balaban J connectivity index is 2.80. The van der Waals surface area contributed by atoms with Crippen molar-refractivity contribution in [3.8, 4) is 0 Å². The highest BCUT2D eigenvalue weighted by atomic mass is 35.5. The maximum Gasteiger partial charge on any atom is 0.0453 e. The van der Waals surface area contributed by atoms with Crippen LogP contribution in [0.15, 0.2) is 18.2 Å². The summed E-state index contributed by atoms with van der Waals surface area (Å²) in [4.78, 5) is 0. The zero-order valence-electron chi connectivity index (χ0n) is 10.3. The molecule has 0 aromatic heterocycles. The predicted molar refractivity (Wildman–Crippen MR) is 75.3 cm³/mol. The van der Waals surface area contributed by atoms with Crippen LogP contribution < -0.4 is 11.3 Å². The number of nitrogens with two attached hydrogens (primary N) is 1. The van der Waals surface area contributed by atoms with Crippen molar-refractivity contribution in [2.24, 2.45) is 11.8 Å². The first kappa shape index (κ1) is 14.8. The minimum absolute atomic E-state index is 0.201. The molecule has 1 aromatic rings. The van der Waals surface area contributed by atoms with E-state index < -0.39 is 0 Å². The molecule has 17 heavy (non-hydrogen) atoms. The summed E-state index contributed by atoms with van der Waals surface area (Å²) < 4.78 is 0. The number of benzene rings is 1. The summed E-state index contributed by atoms with van der Waals surface area (Å²) in [6.45, 7) is 4.37. The Morgan fingerprint density at radius 3 is 2.35 bits per heavy atom. The molecule has 0 radical (unpaired) electrons. The lowest BCUT2D eigenvalue weighted by atomic mass is 9.92. The molecule has 0 aliphatic carbocycles. The van der Waals surface area contributed by atoms with Gasteiger partial charge < -0.3 is 0 Å².